The van der Waals surface area contributed by atoms with Crippen LogP contribution in [0, 0.1) is 11.7 Å². The molecule has 0 bridgehead atoms. The number of aromatic nitrogens is 1. The summed E-state index contributed by atoms with van der Waals surface area (Å²) in [5.74, 6) is -2.84. The van der Waals surface area contributed by atoms with Gasteiger partial charge in [0.1, 0.15) is 13.2 Å². The smallest absolute Gasteiger partial charge is 0.306 e. The molecule has 0 unspecified atom stereocenters. The van der Waals surface area contributed by atoms with Crippen LogP contribution in [-0.2, 0) is 4.79 Å². The minimum Gasteiger partial charge on any atom is -0.493 e. The minimum absolute atomic E-state index is 0.0571. The van der Waals surface area contributed by atoms with E-state index in [0.717, 1.165) is 11.3 Å². The molecule has 4 aromatic rings. The highest BCUT2D eigenvalue weighted by molar-refractivity contribution is 7.21. The number of aliphatic hydroxyl groups excluding tert-OH is 1. The fraction of sp³-hybridized carbons (Fsp3) is 0.357. The molecule has 224 valence electrons. The Hall–Kier alpha value is -3.85. The highest BCUT2D eigenvalue weighted by Crippen LogP contribution is 2.40. The van der Waals surface area contributed by atoms with Gasteiger partial charge in [-0.05, 0) is 12.1 Å². The summed E-state index contributed by atoms with van der Waals surface area (Å²) >= 11 is 2.24. The number of rotatable bonds is 15. The fourth-order valence-electron chi connectivity index (χ4n) is 3.97. The van der Waals surface area contributed by atoms with Crippen LogP contribution in [0.1, 0.15) is 45.5 Å². The monoisotopic (exact) mass is 621 g/mol. The summed E-state index contributed by atoms with van der Waals surface area (Å²) in [4.78, 5) is 41.1. The third-order valence-electron chi connectivity index (χ3n) is 6.22. The van der Waals surface area contributed by atoms with Crippen LogP contribution in [0.15, 0.2) is 24.3 Å². The number of carbonyl (C=O) groups excluding carboxylic acids is 2. The molecule has 0 fully saturated rings. The van der Waals surface area contributed by atoms with E-state index in [0.29, 0.717) is 25.5 Å². The van der Waals surface area contributed by atoms with Crippen LogP contribution in [0.2, 0.25) is 0 Å². The van der Waals surface area contributed by atoms with Crippen LogP contribution in [0.5, 0.6) is 23.1 Å². The minimum atomic E-state index is -1.61. The molecule has 0 aliphatic heterocycles. The van der Waals surface area contributed by atoms with E-state index in [2.05, 4.69) is 4.98 Å². The number of methoxy groups -OCH3 is 2. The molecule has 0 spiro atoms. The Morgan fingerprint density at radius 2 is 1.57 bits per heavy atom. The Labute approximate surface area is 247 Å². The van der Waals surface area contributed by atoms with E-state index >= 15 is 4.39 Å². The summed E-state index contributed by atoms with van der Waals surface area (Å²) in [6.07, 6.45) is -1.97. The average molecular weight is 622 g/mol. The van der Waals surface area contributed by atoms with Gasteiger partial charge in [0.15, 0.2) is 40.9 Å². The van der Waals surface area contributed by atoms with Crippen LogP contribution in [0.25, 0.3) is 20.3 Å². The van der Waals surface area contributed by atoms with Gasteiger partial charge < -0.3 is 34.3 Å². The summed E-state index contributed by atoms with van der Waals surface area (Å²) < 4.78 is 38.6. The van der Waals surface area contributed by atoms with E-state index in [4.69, 9.17) is 34.3 Å². The summed E-state index contributed by atoms with van der Waals surface area (Å²) in [6, 6.07) is 6.19. The lowest BCUT2D eigenvalue weighted by Gasteiger charge is -2.13. The Kier molecular flexibility index (Phi) is 9.93. The standard InChI is InChI=1S/C28H28FNO10S2/c1-13(28(35)36)8-17(32)23-10-15-21(42-23)12-19(38-3)27(30-15)40-7-6-39-26-18(37-2)11-20-14(25(26)29)9-22(41-20)16(31)4-5-24(33)34/h9-13,24,33-34H,4-8H2,1-3H3,(H,35,36)/t13-/m0/s1. The van der Waals surface area contributed by atoms with Gasteiger partial charge in [0.2, 0.25) is 0 Å². The lowest BCUT2D eigenvalue weighted by molar-refractivity contribution is -0.141. The molecule has 0 radical (unpaired) electrons. The lowest BCUT2D eigenvalue weighted by Crippen LogP contribution is -2.14. The van der Waals surface area contributed by atoms with Crippen molar-refractivity contribution in [2.45, 2.75) is 32.5 Å². The molecule has 4 rings (SSSR count). The van der Waals surface area contributed by atoms with Crippen LogP contribution >= 0.6 is 22.7 Å². The number of carboxylic acid groups (broad SMARTS) is 1. The van der Waals surface area contributed by atoms with Crippen molar-refractivity contribution < 1.29 is 53.0 Å². The number of carboxylic acids is 1. The summed E-state index contributed by atoms with van der Waals surface area (Å²) in [5.41, 5.74) is 0.470. The molecule has 3 heterocycles. The molecule has 0 saturated carbocycles. The van der Waals surface area contributed by atoms with Crippen molar-refractivity contribution in [1.29, 1.82) is 0 Å². The Morgan fingerprint density at radius 3 is 2.24 bits per heavy atom. The first kappa shape index (κ1) is 31.1. The SMILES string of the molecule is COc1cc2sc(C(=O)C[C@H](C)C(=O)O)cc2nc1OCCOc1c(OC)cc2sc(C(=O)CCC(O)O)cc2c1F. The number of nitrogens with zero attached hydrogens (tertiary/aromatic N) is 1. The number of Topliss-reactive ketones (excluding diaryl/α,β-unsaturated/α-hetero) is 2. The van der Waals surface area contributed by atoms with Gasteiger partial charge in [-0.3, -0.25) is 14.4 Å². The van der Waals surface area contributed by atoms with Gasteiger partial charge in [0.05, 0.1) is 40.1 Å². The van der Waals surface area contributed by atoms with Gasteiger partial charge in [0, 0.05) is 41.5 Å². The number of ketones is 2. The largest absolute Gasteiger partial charge is 0.493 e. The number of aliphatic hydroxyl groups is 2. The molecule has 1 atom stereocenters. The first-order chi connectivity index (χ1) is 20.0. The van der Waals surface area contributed by atoms with Gasteiger partial charge in [-0.2, -0.15) is 0 Å². The number of pyridine rings is 1. The van der Waals surface area contributed by atoms with Crippen molar-refractivity contribution in [3.05, 3.63) is 39.8 Å². The first-order valence-corrected chi connectivity index (χ1v) is 14.3. The molecule has 1 aromatic carbocycles. The van der Waals surface area contributed by atoms with Gasteiger partial charge >= 0.3 is 5.97 Å². The Bertz CT molecular complexity index is 1630. The fourth-order valence-corrected chi connectivity index (χ4v) is 6.01. The second-order valence-electron chi connectivity index (χ2n) is 9.24. The van der Waals surface area contributed by atoms with Gasteiger partial charge in [0.25, 0.3) is 5.88 Å². The zero-order valence-electron chi connectivity index (χ0n) is 22.8. The molecule has 14 heteroatoms. The lowest BCUT2D eigenvalue weighted by atomic mass is 10.0. The van der Waals surface area contributed by atoms with Crippen LogP contribution < -0.4 is 18.9 Å². The quantitative estimate of drug-likeness (QED) is 0.0959. The predicted molar refractivity (Wildman–Crippen MR) is 153 cm³/mol. The predicted octanol–water partition coefficient (Wildman–Crippen LogP) is 4.69. The molecule has 0 aliphatic rings. The van der Waals surface area contributed by atoms with Crippen LogP contribution in [0.3, 0.4) is 0 Å². The third-order valence-corrected chi connectivity index (χ3v) is 8.45. The summed E-state index contributed by atoms with van der Waals surface area (Å²) in [7, 11) is 2.79. The van der Waals surface area contributed by atoms with Crippen LogP contribution in [-0.4, -0.2) is 71.6 Å². The molecule has 11 nitrogen and oxygen atoms in total. The molecular weight excluding hydrogens is 593 g/mol. The summed E-state index contributed by atoms with van der Waals surface area (Å²) in [6.45, 7) is 1.31. The van der Waals surface area contributed by atoms with Crippen molar-refractivity contribution in [2.24, 2.45) is 5.92 Å². The van der Waals surface area contributed by atoms with E-state index in [9.17, 15) is 14.4 Å². The zero-order valence-corrected chi connectivity index (χ0v) is 24.5. The van der Waals surface area contributed by atoms with E-state index in [1.54, 1.807) is 18.2 Å². The Morgan fingerprint density at radius 1 is 0.929 bits per heavy atom. The van der Waals surface area contributed by atoms with E-state index in [1.807, 2.05) is 0 Å². The Balaban J connectivity index is 1.46. The number of aliphatic carboxylic acids is 1. The van der Waals surface area contributed by atoms with Crippen molar-refractivity contribution >= 4 is 60.5 Å². The second kappa shape index (κ2) is 13.4. The number of benzene rings is 1. The zero-order chi connectivity index (χ0) is 30.6. The number of hydrogen-bond acceptors (Lipinski definition) is 12. The maximum absolute atomic E-state index is 15.4. The van der Waals surface area contributed by atoms with Crippen molar-refractivity contribution in [3.63, 3.8) is 0 Å². The first-order valence-electron chi connectivity index (χ1n) is 12.7. The molecule has 0 saturated heterocycles. The second-order valence-corrected chi connectivity index (χ2v) is 11.4. The molecule has 0 aliphatic carbocycles. The van der Waals surface area contributed by atoms with E-state index in [1.165, 1.54) is 38.5 Å². The molecular formula is C28H28FNO10S2. The third kappa shape index (κ3) is 6.95. The van der Waals surface area contributed by atoms with Crippen molar-refractivity contribution in [1.82, 2.24) is 4.98 Å². The number of ether oxygens (including phenoxy) is 4. The highest BCUT2D eigenvalue weighted by Gasteiger charge is 2.22. The van der Waals surface area contributed by atoms with Gasteiger partial charge in [-0.15, -0.1) is 22.7 Å². The number of hydrogen-bond donors (Lipinski definition) is 3. The average Bonchev–Trinajstić information content (AvgIpc) is 3.58. The van der Waals surface area contributed by atoms with Crippen molar-refractivity contribution in [3.8, 4) is 23.1 Å². The molecule has 3 aromatic heterocycles. The van der Waals surface area contributed by atoms with Crippen molar-refractivity contribution in [2.75, 3.05) is 27.4 Å². The van der Waals surface area contributed by atoms with E-state index in [-0.39, 0.29) is 71.7 Å². The topological polar surface area (TPSA) is 162 Å². The highest BCUT2D eigenvalue weighted by atomic mass is 32.1. The van der Waals surface area contributed by atoms with Crippen LogP contribution in [0.4, 0.5) is 4.39 Å². The maximum atomic E-state index is 15.4. The summed E-state index contributed by atoms with van der Waals surface area (Å²) in [5, 5.41) is 27.3. The molecule has 0 amide bonds. The normalized spacial score (nSPS) is 12.1. The van der Waals surface area contributed by atoms with Gasteiger partial charge in [-0.25, -0.2) is 9.37 Å². The molecule has 3 N–H and O–H groups in total. The number of carbonyl (C=O) groups is 3. The number of halogens is 1. The number of thiophene rings is 2. The maximum Gasteiger partial charge on any atom is 0.306 e. The van der Waals surface area contributed by atoms with Gasteiger partial charge in [-0.1, -0.05) is 6.92 Å². The number of fused-ring (bicyclic) bond motifs is 2. The molecule has 42 heavy (non-hydrogen) atoms. The van der Waals surface area contributed by atoms with E-state index < -0.39 is 24.0 Å².